The minimum atomic E-state index is -1.16. The first-order chi connectivity index (χ1) is 11.0. The Bertz CT molecular complexity index is 763. The lowest BCUT2D eigenvalue weighted by atomic mass is 10.0. The second kappa shape index (κ2) is 7.09. The molecule has 0 aliphatic heterocycles. The van der Waals surface area contributed by atoms with Gasteiger partial charge in [0.15, 0.2) is 0 Å². The zero-order chi connectivity index (χ0) is 16.8. The van der Waals surface area contributed by atoms with Gasteiger partial charge in [-0.25, -0.2) is 4.79 Å². The molecule has 2 aromatic carbocycles. The van der Waals surface area contributed by atoms with Gasteiger partial charge in [0.1, 0.15) is 11.8 Å². The van der Waals surface area contributed by atoms with Crippen molar-refractivity contribution in [2.24, 2.45) is 0 Å². The summed E-state index contributed by atoms with van der Waals surface area (Å²) in [4.78, 5) is 23.5. The maximum absolute atomic E-state index is 12.1. The SMILES string of the molecule is N#Cc1cccc(C(=O)NC(Cc2ccc(O)cc2)C(=O)O)c1. The fourth-order valence-corrected chi connectivity index (χ4v) is 2.04. The van der Waals surface area contributed by atoms with Crippen molar-refractivity contribution in [3.05, 3.63) is 65.2 Å². The number of carboxylic acids is 1. The lowest BCUT2D eigenvalue weighted by Gasteiger charge is -2.15. The van der Waals surface area contributed by atoms with Crippen LogP contribution in [-0.4, -0.2) is 28.1 Å². The van der Waals surface area contributed by atoms with Crippen LogP contribution in [-0.2, 0) is 11.2 Å². The van der Waals surface area contributed by atoms with E-state index in [4.69, 9.17) is 5.26 Å². The summed E-state index contributed by atoms with van der Waals surface area (Å²) in [5, 5.41) is 29.8. The first-order valence-corrected chi connectivity index (χ1v) is 6.81. The van der Waals surface area contributed by atoms with Crippen LogP contribution in [0.15, 0.2) is 48.5 Å². The molecule has 116 valence electrons. The zero-order valence-corrected chi connectivity index (χ0v) is 12.1. The Morgan fingerprint density at radius 2 is 1.87 bits per heavy atom. The van der Waals surface area contributed by atoms with E-state index in [-0.39, 0.29) is 17.7 Å². The number of carbonyl (C=O) groups excluding carboxylic acids is 1. The first kappa shape index (κ1) is 16.0. The number of phenols is 1. The second-order valence-corrected chi connectivity index (χ2v) is 4.93. The highest BCUT2D eigenvalue weighted by atomic mass is 16.4. The molecule has 2 rings (SSSR count). The van der Waals surface area contributed by atoms with Crippen LogP contribution in [0.1, 0.15) is 21.5 Å². The molecule has 0 aliphatic rings. The summed E-state index contributed by atoms with van der Waals surface area (Å²) in [6.45, 7) is 0. The van der Waals surface area contributed by atoms with Crippen LogP contribution in [0.3, 0.4) is 0 Å². The molecular weight excluding hydrogens is 296 g/mol. The molecule has 1 unspecified atom stereocenters. The molecule has 0 radical (unpaired) electrons. The second-order valence-electron chi connectivity index (χ2n) is 4.93. The van der Waals surface area contributed by atoms with Crippen molar-refractivity contribution in [2.45, 2.75) is 12.5 Å². The van der Waals surface area contributed by atoms with Crippen LogP contribution in [0, 0.1) is 11.3 Å². The normalized spacial score (nSPS) is 11.3. The van der Waals surface area contributed by atoms with Crippen molar-refractivity contribution in [1.82, 2.24) is 5.32 Å². The van der Waals surface area contributed by atoms with E-state index in [1.54, 1.807) is 24.3 Å². The average molecular weight is 310 g/mol. The third-order valence-electron chi connectivity index (χ3n) is 3.23. The van der Waals surface area contributed by atoms with E-state index in [1.807, 2.05) is 6.07 Å². The maximum atomic E-state index is 12.1. The number of hydrogen-bond acceptors (Lipinski definition) is 4. The monoisotopic (exact) mass is 310 g/mol. The molecule has 0 bridgehead atoms. The fourth-order valence-electron chi connectivity index (χ4n) is 2.04. The van der Waals surface area contributed by atoms with E-state index in [2.05, 4.69) is 5.32 Å². The number of aromatic hydroxyl groups is 1. The Balaban J connectivity index is 2.12. The van der Waals surface area contributed by atoms with Gasteiger partial charge >= 0.3 is 5.97 Å². The molecule has 23 heavy (non-hydrogen) atoms. The van der Waals surface area contributed by atoms with Crippen LogP contribution in [0.5, 0.6) is 5.75 Å². The summed E-state index contributed by atoms with van der Waals surface area (Å²) in [7, 11) is 0. The van der Waals surface area contributed by atoms with Crippen LogP contribution in [0.2, 0.25) is 0 Å². The predicted octanol–water partition coefficient (Wildman–Crippen LogP) is 1.69. The summed E-state index contributed by atoms with van der Waals surface area (Å²) in [6.07, 6.45) is 0.0826. The Morgan fingerprint density at radius 3 is 2.48 bits per heavy atom. The van der Waals surface area contributed by atoms with Crippen LogP contribution < -0.4 is 5.32 Å². The lowest BCUT2D eigenvalue weighted by Crippen LogP contribution is -2.42. The van der Waals surface area contributed by atoms with Gasteiger partial charge in [-0.15, -0.1) is 0 Å². The van der Waals surface area contributed by atoms with Crippen LogP contribution in [0.4, 0.5) is 0 Å². The van der Waals surface area contributed by atoms with Gasteiger partial charge in [0.25, 0.3) is 5.91 Å². The molecule has 6 nitrogen and oxygen atoms in total. The Labute approximate surface area is 132 Å². The number of carboxylic acid groups (broad SMARTS) is 1. The molecule has 6 heteroatoms. The Morgan fingerprint density at radius 1 is 1.17 bits per heavy atom. The van der Waals surface area contributed by atoms with Crippen molar-refractivity contribution in [3.8, 4) is 11.8 Å². The van der Waals surface area contributed by atoms with Gasteiger partial charge in [0, 0.05) is 12.0 Å². The van der Waals surface area contributed by atoms with Gasteiger partial charge in [-0.3, -0.25) is 4.79 Å². The predicted molar refractivity (Wildman–Crippen MR) is 81.9 cm³/mol. The Kier molecular flexibility index (Phi) is 4.95. The molecule has 0 spiro atoms. The molecule has 0 aromatic heterocycles. The van der Waals surface area contributed by atoms with Gasteiger partial charge in [0.2, 0.25) is 0 Å². The molecule has 3 N–H and O–H groups in total. The summed E-state index contributed by atoms with van der Waals surface area (Å²) in [6, 6.07) is 12.9. The van der Waals surface area contributed by atoms with E-state index in [9.17, 15) is 19.8 Å². The maximum Gasteiger partial charge on any atom is 0.326 e. The quantitative estimate of drug-likeness (QED) is 0.778. The number of benzene rings is 2. The van der Waals surface area contributed by atoms with E-state index >= 15 is 0 Å². The average Bonchev–Trinajstić information content (AvgIpc) is 2.56. The minimum absolute atomic E-state index is 0.0815. The molecule has 0 aliphatic carbocycles. The number of rotatable bonds is 5. The van der Waals surface area contributed by atoms with Gasteiger partial charge in [-0.1, -0.05) is 18.2 Å². The molecule has 0 heterocycles. The smallest absolute Gasteiger partial charge is 0.326 e. The molecular formula is C17H14N2O4. The van der Waals surface area contributed by atoms with Crippen molar-refractivity contribution in [3.63, 3.8) is 0 Å². The molecule has 0 saturated heterocycles. The topological polar surface area (TPSA) is 110 Å². The molecule has 1 amide bonds. The molecule has 1 atom stereocenters. The minimum Gasteiger partial charge on any atom is -0.508 e. The van der Waals surface area contributed by atoms with Crippen molar-refractivity contribution < 1.29 is 19.8 Å². The highest BCUT2D eigenvalue weighted by Gasteiger charge is 2.21. The number of hydrogen-bond donors (Lipinski definition) is 3. The summed E-state index contributed by atoms with van der Waals surface area (Å²) < 4.78 is 0. The van der Waals surface area contributed by atoms with E-state index in [0.717, 1.165) is 0 Å². The molecule has 0 fully saturated rings. The van der Waals surface area contributed by atoms with E-state index < -0.39 is 17.9 Å². The third kappa shape index (κ3) is 4.32. The highest BCUT2D eigenvalue weighted by molar-refractivity contribution is 5.96. The summed E-state index contributed by atoms with van der Waals surface area (Å²) in [5.41, 5.74) is 1.21. The fraction of sp³-hybridized carbons (Fsp3) is 0.118. The summed E-state index contributed by atoms with van der Waals surface area (Å²) in [5.74, 6) is -1.64. The molecule has 2 aromatic rings. The van der Waals surface area contributed by atoms with Gasteiger partial charge in [-0.2, -0.15) is 5.26 Å². The number of nitrogens with zero attached hydrogens (tertiary/aromatic N) is 1. The highest BCUT2D eigenvalue weighted by Crippen LogP contribution is 2.12. The van der Waals surface area contributed by atoms with Gasteiger partial charge < -0.3 is 15.5 Å². The van der Waals surface area contributed by atoms with Crippen LogP contribution >= 0.6 is 0 Å². The number of carbonyl (C=O) groups is 2. The van der Waals surface area contributed by atoms with E-state index in [0.29, 0.717) is 11.1 Å². The van der Waals surface area contributed by atoms with Crippen molar-refractivity contribution in [1.29, 1.82) is 5.26 Å². The van der Waals surface area contributed by atoms with Crippen LogP contribution in [0.25, 0.3) is 0 Å². The van der Waals surface area contributed by atoms with Crippen molar-refractivity contribution in [2.75, 3.05) is 0 Å². The first-order valence-electron chi connectivity index (χ1n) is 6.81. The van der Waals surface area contributed by atoms with E-state index in [1.165, 1.54) is 24.3 Å². The van der Waals surface area contributed by atoms with Gasteiger partial charge in [0.05, 0.1) is 11.6 Å². The largest absolute Gasteiger partial charge is 0.508 e. The van der Waals surface area contributed by atoms with Gasteiger partial charge in [-0.05, 0) is 35.9 Å². The van der Waals surface area contributed by atoms with Crippen molar-refractivity contribution >= 4 is 11.9 Å². The lowest BCUT2D eigenvalue weighted by molar-refractivity contribution is -0.139. The number of nitriles is 1. The number of phenolic OH excluding ortho intramolecular Hbond substituents is 1. The standard InChI is InChI=1S/C17H14N2O4/c18-10-12-2-1-3-13(8-12)16(21)19-15(17(22)23)9-11-4-6-14(20)7-5-11/h1-8,15,20H,9H2,(H,19,21)(H,22,23). The molecule has 0 saturated carbocycles. The summed E-state index contributed by atoms with van der Waals surface area (Å²) >= 11 is 0. The number of nitrogens with one attached hydrogen (secondary N) is 1. The number of amides is 1. The third-order valence-corrected chi connectivity index (χ3v) is 3.23. The number of aliphatic carboxylic acids is 1. The zero-order valence-electron chi connectivity index (χ0n) is 12.1. The Hall–Kier alpha value is -3.33.